The molecule has 3 aromatic rings. The highest BCUT2D eigenvalue weighted by Gasteiger charge is 2.26. The van der Waals surface area contributed by atoms with Gasteiger partial charge in [0, 0.05) is 42.3 Å². The summed E-state index contributed by atoms with van der Waals surface area (Å²) in [6, 6.07) is 14.5. The van der Waals surface area contributed by atoms with Crippen LogP contribution in [-0.4, -0.2) is 77.7 Å². The van der Waals surface area contributed by atoms with Crippen LogP contribution in [0.25, 0.3) is 11.1 Å². The predicted octanol–water partition coefficient (Wildman–Crippen LogP) is 4.61. The zero-order valence-electron chi connectivity index (χ0n) is 25.8. The molecule has 1 amide bonds. The molecule has 1 aliphatic heterocycles. The maximum absolute atomic E-state index is 12.4. The fourth-order valence-electron chi connectivity index (χ4n) is 4.76. The highest BCUT2D eigenvalue weighted by atomic mass is 16.6. The Morgan fingerprint density at radius 2 is 1.68 bits per heavy atom. The number of esters is 2. The van der Waals surface area contributed by atoms with Crippen LogP contribution in [0.5, 0.6) is 5.75 Å². The number of amides is 1. The van der Waals surface area contributed by atoms with Crippen molar-refractivity contribution < 1.29 is 28.6 Å². The standard InChI is InChI=1S/C33H41N5O6/c1-5-42-31(41)25-7-6-16-38(22-25)17-18-43-28-14-12-27(13-15-28)37-32-35-19-26(20-36-32)23-8-10-24(11-9-23)30(40)34-21-29(39)44-33(2,3)4/h8-15,19-20,25H,5-7,16-18,21-22H2,1-4H3,(H,34,40)(H,35,36,37). The second-order valence-electron chi connectivity index (χ2n) is 11.5. The predicted molar refractivity (Wildman–Crippen MR) is 167 cm³/mol. The van der Waals surface area contributed by atoms with Gasteiger partial charge in [0.15, 0.2) is 0 Å². The summed E-state index contributed by atoms with van der Waals surface area (Å²) >= 11 is 0. The summed E-state index contributed by atoms with van der Waals surface area (Å²) in [5.74, 6) is 0.195. The van der Waals surface area contributed by atoms with E-state index in [-0.39, 0.29) is 24.3 Å². The van der Waals surface area contributed by atoms with Crippen molar-refractivity contribution in [3.8, 4) is 16.9 Å². The topological polar surface area (TPSA) is 132 Å². The van der Waals surface area contributed by atoms with E-state index in [4.69, 9.17) is 14.2 Å². The van der Waals surface area contributed by atoms with Gasteiger partial charge in [0.1, 0.15) is 24.5 Å². The monoisotopic (exact) mass is 603 g/mol. The van der Waals surface area contributed by atoms with Crippen LogP contribution < -0.4 is 15.4 Å². The third kappa shape index (κ3) is 10.0. The van der Waals surface area contributed by atoms with Gasteiger partial charge in [-0.15, -0.1) is 0 Å². The summed E-state index contributed by atoms with van der Waals surface area (Å²) in [4.78, 5) is 47.4. The van der Waals surface area contributed by atoms with Crippen LogP contribution in [0.15, 0.2) is 60.9 Å². The molecule has 44 heavy (non-hydrogen) atoms. The van der Waals surface area contributed by atoms with E-state index in [1.165, 1.54) is 0 Å². The third-order valence-electron chi connectivity index (χ3n) is 6.86. The lowest BCUT2D eigenvalue weighted by molar-refractivity contribution is -0.153. The number of anilines is 2. The quantitative estimate of drug-likeness (QED) is 0.283. The zero-order valence-corrected chi connectivity index (χ0v) is 25.8. The van der Waals surface area contributed by atoms with Gasteiger partial charge in [-0.05, 0) is 89.0 Å². The number of hydrogen-bond acceptors (Lipinski definition) is 10. The second kappa shape index (κ2) is 15.3. The molecule has 11 nitrogen and oxygen atoms in total. The lowest BCUT2D eigenvalue weighted by Gasteiger charge is -2.31. The van der Waals surface area contributed by atoms with Gasteiger partial charge in [-0.2, -0.15) is 0 Å². The normalized spacial score (nSPS) is 15.2. The number of ether oxygens (including phenoxy) is 3. The summed E-state index contributed by atoms with van der Waals surface area (Å²) in [7, 11) is 0. The van der Waals surface area contributed by atoms with E-state index in [1.807, 2.05) is 31.2 Å². The van der Waals surface area contributed by atoms with Crippen LogP contribution in [-0.2, 0) is 19.1 Å². The molecule has 0 radical (unpaired) electrons. The molecule has 2 heterocycles. The molecule has 234 valence electrons. The number of rotatable bonds is 12. The average Bonchev–Trinajstić information content (AvgIpc) is 3.01. The van der Waals surface area contributed by atoms with Gasteiger partial charge in [0.05, 0.1) is 12.5 Å². The van der Waals surface area contributed by atoms with E-state index < -0.39 is 11.6 Å². The first-order valence-corrected chi connectivity index (χ1v) is 14.9. The summed E-state index contributed by atoms with van der Waals surface area (Å²) in [6.07, 6.45) is 5.27. The number of nitrogens with one attached hydrogen (secondary N) is 2. The molecule has 4 rings (SSSR count). The Hall–Kier alpha value is -4.51. The number of likely N-dealkylation sites (tertiary alicyclic amines) is 1. The Balaban J connectivity index is 1.21. The van der Waals surface area contributed by atoms with Crippen LogP contribution in [0.1, 0.15) is 50.9 Å². The molecular formula is C33H41N5O6. The van der Waals surface area contributed by atoms with Gasteiger partial charge in [-0.3, -0.25) is 19.3 Å². The highest BCUT2D eigenvalue weighted by Crippen LogP contribution is 2.22. The van der Waals surface area contributed by atoms with Gasteiger partial charge < -0.3 is 24.8 Å². The molecule has 1 atom stereocenters. The lowest BCUT2D eigenvalue weighted by atomic mass is 9.98. The molecule has 2 aromatic carbocycles. The van der Waals surface area contributed by atoms with Crippen molar-refractivity contribution in [1.82, 2.24) is 20.2 Å². The lowest BCUT2D eigenvalue weighted by Crippen LogP contribution is -2.41. The zero-order chi connectivity index (χ0) is 31.5. The van der Waals surface area contributed by atoms with Crippen LogP contribution in [0.3, 0.4) is 0 Å². The number of hydrogen-bond donors (Lipinski definition) is 2. The minimum absolute atomic E-state index is 0.0531. The summed E-state index contributed by atoms with van der Waals surface area (Å²) < 4.78 is 16.3. The molecule has 0 bridgehead atoms. The van der Waals surface area contributed by atoms with Crippen molar-refractivity contribution in [1.29, 1.82) is 0 Å². The van der Waals surface area contributed by atoms with Crippen molar-refractivity contribution in [2.24, 2.45) is 5.92 Å². The van der Waals surface area contributed by atoms with Crippen LogP contribution in [0.4, 0.5) is 11.6 Å². The van der Waals surface area contributed by atoms with Crippen LogP contribution >= 0.6 is 0 Å². The first-order chi connectivity index (χ1) is 21.1. The molecule has 1 unspecified atom stereocenters. The Bertz CT molecular complexity index is 1390. The minimum Gasteiger partial charge on any atom is -0.492 e. The number of piperidine rings is 1. The summed E-state index contributed by atoms with van der Waals surface area (Å²) in [5.41, 5.74) is 2.28. The summed E-state index contributed by atoms with van der Waals surface area (Å²) in [6.45, 7) is 10.3. The largest absolute Gasteiger partial charge is 0.492 e. The Morgan fingerprint density at radius 1 is 0.977 bits per heavy atom. The van der Waals surface area contributed by atoms with Crippen molar-refractivity contribution >= 4 is 29.5 Å². The maximum Gasteiger partial charge on any atom is 0.325 e. The average molecular weight is 604 g/mol. The van der Waals surface area contributed by atoms with Crippen LogP contribution in [0.2, 0.25) is 0 Å². The number of carbonyl (C=O) groups is 3. The highest BCUT2D eigenvalue weighted by molar-refractivity contribution is 5.96. The van der Waals surface area contributed by atoms with E-state index >= 15 is 0 Å². The number of benzene rings is 2. The van der Waals surface area contributed by atoms with Gasteiger partial charge in [-0.1, -0.05) is 12.1 Å². The Kier molecular flexibility index (Phi) is 11.3. The smallest absolute Gasteiger partial charge is 0.325 e. The molecule has 1 saturated heterocycles. The van der Waals surface area contributed by atoms with E-state index in [0.717, 1.165) is 48.5 Å². The van der Waals surface area contributed by atoms with E-state index in [1.54, 1.807) is 57.4 Å². The van der Waals surface area contributed by atoms with E-state index in [2.05, 4.69) is 25.5 Å². The Labute approximate surface area is 258 Å². The first kappa shape index (κ1) is 32.4. The van der Waals surface area contributed by atoms with Gasteiger partial charge >= 0.3 is 11.9 Å². The molecule has 0 spiro atoms. The van der Waals surface area contributed by atoms with Crippen LogP contribution in [0, 0.1) is 5.92 Å². The molecule has 0 aliphatic carbocycles. The fourth-order valence-corrected chi connectivity index (χ4v) is 4.76. The van der Waals surface area contributed by atoms with Crippen molar-refractivity contribution in [2.75, 3.05) is 44.7 Å². The molecular weight excluding hydrogens is 562 g/mol. The molecule has 1 fully saturated rings. The maximum atomic E-state index is 12.4. The fraction of sp³-hybridized carbons (Fsp3) is 0.424. The van der Waals surface area contributed by atoms with Gasteiger partial charge in [0.25, 0.3) is 5.91 Å². The van der Waals surface area contributed by atoms with E-state index in [0.29, 0.717) is 31.3 Å². The van der Waals surface area contributed by atoms with Crippen molar-refractivity contribution in [3.63, 3.8) is 0 Å². The van der Waals surface area contributed by atoms with Gasteiger partial charge in [-0.25, -0.2) is 9.97 Å². The molecule has 1 aliphatic rings. The SMILES string of the molecule is CCOC(=O)C1CCCN(CCOc2ccc(Nc3ncc(-c4ccc(C(=O)NCC(=O)OC(C)(C)C)cc4)cn3)cc2)C1. The van der Waals surface area contributed by atoms with Crippen molar-refractivity contribution in [2.45, 2.75) is 46.1 Å². The minimum atomic E-state index is -0.607. The molecule has 0 saturated carbocycles. The third-order valence-corrected chi connectivity index (χ3v) is 6.86. The summed E-state index contributed by atoms with van der Waals surface area (Å²) in [5, 5.41) is 5.76. The number of aromatic nitrogens is 2. The number of nitrogens with zero attached hydrogens (tertiary/aromatic N) is 3. The van der Waals surface area contributed by atoms with Gasteiger partial charge in [0.2, 0.25) is 5.95 Å². The second-order valence-corrected chi connectivity index (χ2v) is 11.5. The number of carbonyl (C=O) groups excluding carboxylic acids is 3. The first-order valence-electron chi connectivity index (χ1n) is 14.9. The molecule has 1 aromatic heterocycles. The Morgan fingerprint density at radius 3 is 2.34 bits per heavy atom. The van der Waals surface area contributed by atoms with E-state index in [9.17, 15) is 14.4 Å². The van der Waals surface area contributed by atoms with Crippen molar-refractivity contribution in [3.05, 3.63) is 66.5 Å². The molecule has 2 N–H and O–H groups in total. The molecule has 11 heteroatoms.